The minimum absolute atomic E-state index is 0.202. The summed E-state index contributed by atoms with van der Waals surface area (Å²) in [6, 6.07) is 6.75. The maximum Gasteiger partial charge on any atom is 0.335 e. The van der Waals surface area contributed by atoms with Gasteiger partial charge in [-0.1, -0.05) is 6.07 Å². The average Bonchev–Trinajstić information content (AvgIpc) is 3.10. The van der Waals surface area contributed by atoms with Gasteiger partial charge in [-0.05, 0) is 47.7 Å². The van der Waals surface area contributed by atoms with Gasteiger partial charge >= 0.3 is 11.9 Å². The molecule has 3 rings (SSSR count). The van der Waals surface area contributed by atoms with E-state index < -0.39 is 24.1 Å². The number of carboxylic acids is 2. The molecule has 2 aromatic carbocycles. The third-order valence-corrected chi connectivity index (χ3v) is 5.57. The summed E-state index contributed by atoms with van der Waals surface area (Å²) in [4.78, 5) is 32.0. The number of benzene rings is 1. The van der Waals surface area contributed by atoms with Crippen molar-refractivity contribution < 1.29 is 49.0 Å². The van der Waals surface area contributed by atoms with Crippen LogP contribution >= 0.6 is 0 Å². The first-order chi connectivity index (χ1) is 17.0. The Labute approximate surface area is 206 Å². The molecule has 0 bridgehead atoms. The van der Waals surface area contributed by atoms with Gasteiger partial charge in [0.25, 0.3) is 0 Å². The average molecular weight is 507 g/mol. The van der Waals surface area contributed by atoms with Crippen LogP contribution in [0.4, 0.5) is 0 Å². The van der Waals surface area contributed by atoms with E-state index in [0.717, 1.165) is 28.7 Å². The zero-order valence-electron chi connectivity index (χ0n) is 20.2. The Morgan fingerprint density at radius 1 is 0.889 bits per heavy atom. The van der Waals surface area contributed by atoms with E-state index in [-0.39, 0.29) is 17.2 Å². The van der Waals surface area contributed by atoms with E-state index in [9.17, 15) is 14.4 Å². The van der Waals surface area contributed by atoms with Crippen molar-refractivity contribution >= 4 is 11.9 Å². The van der Waals surface area contributed by atoms with Crippen LogP contribution in [0.1, 0.15) is 23.6 Å². The number of aryl methyl sites for hydroxylation is 1. The summed E-state index contributed by atoms with van der Waals surface area (Å²) >= 11 is 0. The molecule has 2 aromatic rings. The molecule has 1 aliphatic rings. The first-order valence-corrected chi connectivity index (χ1v) is 10.6. The summed E-state index contributed by atoms with van der Waals surface area (Å²) in [6.45, 7) is 0. The van der Waals surface area contributed by atoms with Crippen molar-refractivity contribution in [1.29, 1.82) is 0 Å². The van der Waals surface area contributed by atoms with Crippen LogP contribution in [0.3, 0.4) is 0 Å². The number of fused-ring (bicyclic) bond motifs is 3. The first kappa shape index (κ1) is 28.4. The fourth-order valence-electron chi connectivity index (χ4n) is 3.77. The number of carboxylic acid groups (broad SMARTS) is 2. The molecule has 1 aliphatic carbocycles. The number of nitrogens with two attached hydrogens (primary N) is 1. The molecule has 0 aromatic heterocycles. The van der Waals surface area contributed by atoms with E-state index in [2.05, 4.69) is 0 Å². The summed E-state index contributed by atoms with van der Waals surface area (Å²) < 4.78 is 21.9. The molecule has 0 spiro atoms. The minimum atomic E-state index is -2.27. The van der Waals surface area contributed by atoms with Gasteiger partial charge in [0.2, 0.25) is 11.2 Å². The molecule has 0 heterocycles. The van der Waals surface area contributed by atoms with Crippen LogP contribution in [0.2, 0.25) is 0 Å². The van der Waals surface area contributed by atoms with Crippen LogP contribution < -0.4 is 30.1 Å². The molecule has 0 fully saturated rings. The highest BCUT2D eigenvalue weighted by Gasteiger charge is 2.29. The van der Waals surface area contributed by atoms with Gasteiger partial charge in [-0.15, -0.1) is 0 Å². The number of carbonyl (C=O) groups is 2. The molecule has 12 nitrogen and oxygen atoms in total. The van der Waals surface area contributed by atoms with Gasteiger partial charge in [0.1, 0.15) is 0 Å². The lowest BCUT2D eigenvalue weighted by Crippen LogP contribution is -2.39. The number of hydrogen-bond acceptors (Lipinski definition) is 10. The maximum absolute atomic E-state index is 12.4. The molecule has 6 N–H and O–H groups in total. The zero-order chi connectivity index (χ0) is 27.2. The van der Waals surface area contributed by atoms with Gasteiger partial charge in [-0.2, -0.15) is 0 Å². The lowest BCUT2D eigenvalue weighted by Gasteiger charge is -2.19. The van der Waals surface area contributed by atoms with Gasteiger partial charge in [0, 0.05) is 11.6 Å². The number of hydrogen-bond donors (Lipinski definition) is 5. The van der Waals surface area contributed by atoms with Gasteiger partial charge in [0.05, 0.1) is 28.4 Å². The van der Waals surface area contributed by atoms with Crippen molar-refractivity contribution in [2.75, 3.05) is 28.4 Å². The van der Waals surface area contributed by atoms with Crippen LogP contribution in [-0.4, -0.2) is 73.0 Å². The molecule has 0 amide bonds. The van der Waals surface area contributed by atoms with Crippen LogP contribution in [0.25, 0.3) is 11.1 Å². The summed E-state index contributed by atoms with van der Waals surface area (Å²) in [5, 5.41) is 32.5. The molecule has 12 heteroatoms. The fraction of sp³-hybridized carbons (Fsp3) is 0.375. The van der Waals surface area contributed by atoms with Gasteiger partial charge < -0.3 is 45.1 Å². The van der Waals surface area contributed by atoms with Gasteiger partial charge in [0.15, 0.2) is 29.5 Å². The van der Waals surface area contributed by atoms with Gasteiger partial charge in [-0.3, -0.25) is 4.79 Å². The van der Waals surface area contributed by atoms with E-state index >= 15 is 0 Å². The third kappa shape index (κ3) is 5.85. The van der Waals surface area contributed by atoms with E-state index in [0.29, 0.717) is 23.7 Å². The van der Waals surface area contributed by atoms with Crippen molar-refractivity contribution in [2.45, 2.75) is 31.1 Å². The third-order valence-electron chi connectivity index (χ3n) is 5.57. The fourth-order valence-corrected chi connectivity index (χ4v) is 3.77. The molecule has 0 saturated heterocycles. The second kappa shape index (κ2) is 12.2. The summed E-state index contributed by atoms with van der Waals surface area (Å²) in [7, 11) is 6.23. The highest BCUT2D eigenvalue weighted by molar-refractivity contribution is 5.83. The van der Waals surface area contributed by atoms with E-state index in [1.165, 1.54) is 7.11 Å². The quantitative estimate of drug-likeness (QED) is 0.350. The number of aliphatic hydroxyl groups is 2. The van der Waals surface area contributed by atoms with E-state index in [1.807, 2.05) is 12.1 Å². The zero-order valence-corrected chi connectivity index (χ0v) is 20.2. The van der Waals surface area contributed by atoms with Crippen LogP contribution in [0, 0.1) is 0 Å². The van der Waals surface area contributed by atoms with Crippen LogP contribution in [0.15, 0.2) is 29.1 Å². The number of aliphatic carboxylic acids is 2. The Bertz CT molecular complexity index is 1160. The van der Waals surface area contributed by atoms with Crippen molar-refractivity contribution in [3.8, 4) is 34.1 Å². The molecule has 36 heavy (non-hydrogen) atoms. The normalized spacial score (nSPS) is 15.5. The topological polar surface area (TPSA) is 195 Å². The molecule has 0 unspecified atom stereocenters. The standard InChI is InChI=1S/C20H23NO5.C4H6O6/c1-23-16-8-6-12-13(10-15(16)22)14(21)7-5-11-9-17(24-2)19(25-3)20(26-4)18(11)12;5-1(3(7)8)2(6)4(9)10/h6,8-10,14H,5,7,21H2,1-4H3;1-2,5-6H,(H,7,8)(H,9,10)/t14-;1-,2-/m00/s1. The molecule has 0 aliphatic heterocycles. The van der Waals surface area contributed by atoms with E-state index in [1.54, 1.807) is 33.5 Å². The first-order valence-electron chi connectivity index (χ1n) is 10.6. The lowest BCUT2D eigenvalue weighted by molar-refractivity contribution is -0.165. The van der Waals surface area contributed by atoms with Crippen molar-refractivity contribution in [2.24, 2.45) is 5.73 Å². The predicted molar refractivity (Wildman–Crippen MR) is 127 cm³/mol. The monoisotopic (exact) mass is 507 g/mol. The summed E-state index contributed by atoms with van der Waals surface area (Å²) in [5.41, 5.74) is 9.69. The van der Waals surface area contributed by atoms with Crippen LogP contribution in [0.5, 0.6) is 23.0 Å². The maximum atomic E-state index is 12.4. The Kier molecular flexibility index (Phi) is 9.61. The SMILES string of the molecule is COc1cc2c(c(OC)c1OC)-c1ccc(OC)c(=O)cc1[C@@H](N)CC2.O=C(O)[C@@H](O)[C@H](O)C(=O)O. The predicted octanol–water partition coefficient (Wildman–Crippen LogP) is 0.572. The Balaban J connectivity index is 0.000000388. The summed E-state index contributed by atoms with van der Waals surface area (Å²) in [5.74, 6) is -1.59. The number of aliphatic hydroxyl groups excluding tert-OH is 2. The Morgan fingerprint density at radius 3 is 1.92 bits per heavy atom. The van der Waals surface area contributed by atoms with Crippen LogP contribution in [-0.2, 0) is 16.0 Å². The smallest absolute Gasteiger partial charge is 0.335 e. The minimum Gasteiger partial charge on any atom is -0.493 e. The number of ether oxygens (including phenoxy) is 4. The highest BCUT2D eigenvalue weighted by atomic mass is 16.5. The molecule has 3 atom stereocenters. The highest BCUT2D eigenvalue weighted by Crippen LogP contribution is 2.49. The molecule has 0 saturated carbocycles. The summed E-state index contributed by atoms with van der Waals surface area (Å²) in [6.07, 6.45) is -3.10. The molecular weight excluding hydrogens is 478 g/mol. The largest absolute Gasteiger partial charge is 0.493 e. The lowest BCUT2D eigenvalue weighted by atomic mass is 9.95. The van der Waals surface area contributed by atoms with Crippen molar-refractivity contribution in [1.82, 2.24) is 0 Å². The number of rotatable bonds is 7. The van der Waals surface area contributed by atoms with Crippen molar-refractivity contribution in [3.63, 3.8) is 0 Å². The van der Waals surface area contributed by atoms with Crippen molar-refractivity contribution in [3.05, 3.63) is 45.6 Å². The molecule has 196 valence electrons. The second-order valence-corrected chi connectivity index (χ2v) is 7.67. The Hall–Kier alpha value is -3.87. The molecule has 0 radical (unpaired) electrons. The van der Waals surface area contributed by atoms with Gasteiger partial charge in [-0.25, -0.2) is 9.59 Å². The number of methoxy groups -OCH3 is 4. The van der Waals surface area contributed by atoms with E-state index in [4.69, 9.17) is 45.1 Å². The Morgan fingerprint density at radius 2 is 1.44 bits per heavy atom. The second-order valence-electron chi connectivity index (χ2n) is 7.67. The molecular formula is C24H29NO11.